The van der Waals surface area contributed by atoms with Crippen molar-refractivity contribution in [1.82, 2.24) is 10.3 Å². The lowest BCUT2D eigenvalue weighted by molar-refractivity contribution is 0.573. The van der Waals surface area contributed by atoms with E-state index in [9.17, 15) is 0 Å². The summed E-state index contributed by atoms with van der Waals surface area (Å²) >= 11 is 0. The summed E-state index contributed by atoms with van der Waals surface area (Å²) in [5.74, 6) is 0. The standard InChI is InChI=1S/C19H28N2/c1-2-3-4-5-6-7-14-20-16-13-18-11-8-10-17-12-9-15-21-19(17)18/h8-12,15,20H,2-7,13-14,16H2,1H3. The molecule has 0 atom stereocenters. The molecule has 2 aromatic rings. The zero-order valence-electron chi connectivity index (χ0n) is 13.3. The van der Waals surface area contributed by atoms with Gasteiger partial charge >= 0.3 is 0 Å². The molecule has 0 amide bonds. The number of unbranched alkanes of at least 4 members (excludes halogenated alkanes) is 5. The van der Waals surface area contributed by atoms with E-state index in [1.165, 1.54) is 49.5 Å². The van der Waals surface area contributed by atoms with Crippen LogP contribution in [0.15, 0.2) is 36.5 Å². The van der Waals surface area contributed by atoms with Crippen molar-refractivity contribution in [3.63, 3.8) is 0 Å². The molecule has 0 bridgehead atoms. The second kappa shape index (κ2) is 9.51. The Morgan fingerprint density at radius 3 is 2.62 bits per heavy atom. The van der Waals surface area contributed by atoms with Crippen LogP contribution in [0.4, 0.5) is 0 Å². The molecular formula is C19H28N2. The van der Waals surface area contributed by atoms with Crippen LogP contribution in [0, 0.1) is 0 Å². The molecule has 2 rings (SSSR count). The van der Waals surface area contributed by atoms with E-state index in [2.05, 4.69) is 41.5 Å². The van der Waals surface area contributed by atoms with Crippen molar-refractivity contribution in [3.05, 3.63) is 42.1 Å². The summed E-state index contributed by atoms with van der Waals surface area (Å²) in [6.45, 7) is 4.46. The first-order valence-electron chi connectivity index (χ1n) is 8.45. The molecule has 0 radical (unpaired) electrons. The first-order chi connectivity index (χ1) is 10.4. The van der Waals surface area contributed by atoms with Gasteiger partial charge in [0.25, 0.3) is 0 Å². The minimum Gasteiger partial charge on any atom is -0.316 e. The monoisotopic (exact) mass is 284 g/mol. The zero-order valence-corrected chi connectivity index (χ0v) is 13.3. The number of pyridine rings is 1. The molecule has 21 heavy (non-hydrogen) atoms. The Morgan fingerprint density at radius 2 is 1.71 bits per heavy atom. The number of para-hydroxylation sites is 1. The molecule has 0 saturated carbocycles. The first-order valence-corrected chi connectivity index (χ1v) is 8.45. The highest BCUT2D eigenvalue weighted by atomic mass is 14.8. The van der Waals surface area contributed by atoms with Gasteiger partial charge in [-0.3, -0.25) is 4.98 Å². The fourth-order valence-corrected chi connectivity index (χ4v) is 2.75. The minimum absolute atomic E-state index is 1.05. The third kappa shape index (κ3) is 5.47. The maximum atomic E-state index is 4.51. The minimum atomic E-state index is 1.05. The zero-order chi connectivity index (χ0) is 14.8. The molecule has 1 heterocycles. The van der Waals surface area contributed by atoms with Gasteiger partial charge in [0.15, 0.2) is 0 Å². The molecular weight excluding hydrogens is 256 g/mol. The summed E-state index contributed by atoms with van der Waals surface area (Å²) in [4.78, 5) is 4.51. The first kappa shape index (κ1) is 16.0. The fourth-order valence-electron chi connectivity index (χ4n) is 2.75. The van der Waals surface area contributed by atoms with Crippen molar-refractivity contribution < 1.29 is 0 Å². The molecule has 0 fully saturated rings. The van der Waals surface area contributed by atoms with Crippen LogP contribution in [0.5, 0.6) is 0 Å². The molecule has 1 aromatic heterocycles. The molecule has 114 valence electrons. The highest BCUT2D eigenvalue weighted by molar-refractivity contribution is 5.81. The average Bonchev–Trinajstić information content (AvgIpc) is 2.53. The predicted molar refractivity (Wildman–Crippen MR) is 91.7 cm³/mol. The fraction of sp³-hybridized carbons (Fsp3) is 0.526. The Hall–Kier alpha value is -1.41. The van der Waals surface area contributed by atoms with Crippen molar-refractivity contribution in [3.8, 4) is 0 Å². The van der Waals surface area contributed by atoms with E-state index in [0.29, 0.717) is 0 Å². The summed E-state index contributed by atoms with van der Waals surface area (Å²) in [5.41, 5.74) is 2.50. The van der Waals surface area contributed by atoms with Gasteiger partial charge in [-0.1, -0.05) is 63.3 Å². The van der Waals surface area contributed by atoms with E-state index in [-0.39, 0.29) is 0 Å². The molecule has 1 N–H and O–H groups in total. The molecule has 0 aliphatic heterocycles. The highest BCUT2D eigenvalue weighted by Crippen LogP contribution is 2.15. The Bertz CT molecular complexity index is 516. The number of nitrogens with one attached hydrogen (secondary N) is 1. The average molecular weight is 284 g/mol. The summed E-state index contributed by atoms with van der Waals surface area (Å²) in [6, 6.07) is 10.6. The highest BCUT2D eigenvalue weighted by Gasteiger charge is 2.01. The number of aromatic nitrogens is 1. The molecule has 0 aliphatic rings. The summed E-state index contributed by atoms with van der Waals surface area (Å²) < 4.78 is 0. The van der Waals surface area contributed by atoms with E-state index >= 15 is 0 Å². The number of benzene rings is 1. The molecule has 2 heteroatoms. The lowest BCUT2D eigenvalue weighted by Crippen LogP contribution is -2.18. The Morgan fingerprint density at radius 1 is 0.905 bits per heavy atom. The van der Waals surface area contributed by atoms with Gasteiger partial charge < -0.3 is 5.32 Å². The van der Waals surface area contributed by atoms with Crippen molar-refractivity contribution >= 4 is 10.9 Å². The van der Waals surface area contributed by atoms with Crippen LogP contribution in [0.2, 0.25) is 0 Å². The Labute approximate surface area is 129 Å². The maximum Gasteiger partial charge on any atom is 0.0734 e. The quantitative estimate of drug-likeness (QED) is 0.638. The van der Waals surface area contributed by atoms with Crippen LogP contribution < -0.4 is 5.32 Å². The molecule has 0 saturated heterocycles. The summed E-state index contributed by atoms with van der Waals surface area (Å²) in [6.07, 6.45) is 11.1. The number of nitrogens with zero attached hydrogens (tertiary/aromatic N) is 1. The lowest BCUT2D eigenvalue weighted by atomic mass is 10.1. The Kier molecular flexibility index (Phi) is 7.23. The normalized spacial score (nSPS) is 11.1. The molecule has 0 aliphatic carbocycles. The molecule has 0 unspecified atom stereocenters. The van der Waals surface area contributed by atoms with E-state index in [1.807, 2.05) is 12.3 Å². The topological polar surface area (TPSA) is 24.9 Å². The van der Waals surface area contributed by atoms with Gasteiger partial charge in [0.1, 0.15) is 0 Å². The van der Waals surface area contributed by atoms with Crippen molar-refractivity contribution in [2.24, 2.45) is 0 Å². The van der Waals surface area contributed by atoms with Crippen molar-refractivity contribution in [2.75, 3.05) is 13.1 Å². The number of hydrogen-bond acceptors (Lipinski definition) is 2. The molecule has 2 nitrogen and oxygen atoms in total. The largest absolute Gasteiger partial charge is 0.316 e. The third-order valence-corrected chi connectivity index (χ3v) is 3.99. The van der Waals surface area contributed by atoms with Crippen molar-refractivity contribution in [1.29, 1.82) is 0 Å². The number of rotatable bonds is 10. The lowest BCUT2D eigenvalue weighted by Gasteiger charge is -2.07. The summed E-state index contributed by atoms with van der Waals surface area (Å²) in [5, 5.41) is 4.80. The predicted octanol–water partition coefficient (Wildman–Crippen LogP) is 4.73. The number of fused-ring (bicyclic) bond motifs is 1. The van der Waals surface area contributed by atoms with E-state index < -0.39 is 0 Å². The van der Waals surface area contributed by atoms with E-state index in [1.54, 1.807) is 0 Å². The summed E-state index contributed by atoms with van der Waals surface area (Å²) in [7, 11) is 0. The smallest absolute Gasteiger partial charge is 0.0734 e. The van der Waals surface area contributed by atoms with Gasteiger partial charge in [-0.25, -0.2) is 0 Å². The van der Waals surface area contributed by atoms with Gasteiger partial charge in [-0.15, -0.1) is 0 Å². The van der Waals surface area contributed by atoms with Gasteiger partial charge in [-0.2, -0.15) is 0 Å². The molecule has 0 spiro atoms. The SMILES string of the molecule is CCCCCCCCNCCc1cccc2cccnc12. The number of hydrogen-bond donors (Lipinski definition) is 1. The van der Waals surface area contributed by atoms with Crippen LogP contribution in [-0.2, 0) is 6.42 Å². The Balaban J connectivity index is 1.64. The van der Waals surface area contributed by atoms with Gasteiger partial charge in [0.2, 0.25) is 0 Å². The van der Waals surface area contributed by atoms with E-state index in [0.717, 1.165) is 25.0 Å². The van der Waals surface area contributed by atoms with Crippen LogP contribution in [0.1, 0.15) is 51.0 Å². The van der Waals surface area contributed by atoms with Crippen LogP contribution >= 0.6 is 0 Å². The maximum absolute atomic E-state index is 4.51. The van der Waals surface area contributed by atoms with Crippen LogP contribution in [0.25, 0.3) is 10.9 Å². The second-order valence-electron chi connectivity index (χ2n) is 5.76. The second-order valence-corrected chi connectivity index (χ2v) is 5.76. The third-order valence-electron chi connectivity index (χ3n) is 3.99. The van der Waals surface area contributed by atoms with Crippen molar-refractivity contribution in [2.45, 2.75) is 51.9 Å². The van der Waals surface area contributed by atoms with Gasteiger partial charge in [-0.05, 0) is 37.6 Å². The van der Waals surface area contributed by atoms with E-state index in [4.69, 9.17) is 0 Å². The van der Waals surface area contributed by atoms with Gasteiger partial charge in [0, 0.05) is 11.6 Å². The van der Waals surface area contributed by atoms with Crippen LogP contribution in [0.3, 0.4) is 0 Å². The van der Waals surface area contributed by atoms with Gasteiger partial charge in [0.05, 0.1) is 5.52 Å². The molecule has 1 aromatic carbocycles. The van der Waals surface area contributed by atoms with Crippen LogP contribution in [-0.4, -0.2) is 18.1 Å².